The number of morpholine rings is 1. The van der Waals surface area contributed by atoms with Gasteiger partial charge in [-0.1, -0.05) is 5.16 Å². The third-order valence-corrected chi connectivity index (χ3v) is 2.51. The van der Waals surface area contributed by atoms with Crippen molar-refractivity contribution in [3.8, 4) is 0 Å². The van der Waals surface area contributed by atoms with Gasteiger partial charge in [-0.05, 0) is 14.0 Å². The van der Waals surface area contributed by atoms with Gasteiger partial charge in [0.05, 0.1) is 19.1 Å². The number of hydrogen-bond donors (Lipinski definition) is 1. The first kappa shape index (κ1) is 11.5. The predicted molar refractivity (Wildman–Crippen MR) is 55.9 cm³/mol. The van der Waals surface area contributed by atoms with Gasteiger partial charge in [0.25, 0.3) is 0 Å². The van der Waals surface area contributed by atoms with Crippen molar-refractivity contribution < 1.29 is 14.4 Å². The van der Waals surface area contributed by atoms with Crippen LogP contribution in [0, 0.1) is 0 Å². The molecule has 0 radical (unpaired) electrons. The summed E-state index contributed by atoms with van der Waals surface area (Å²) in [4.78, 5) is 6.38. The van der Waals surface area contributed by atoms with Crippen molar-refractivity contribution in [3.05, 3.63) is 11.7 Å². The lowest BCUT2D eigenvalue weighted by atomic mass is 10.2. The van der Waals surface area contributed by atoms with Gasteiger partial charge in [0.15, 0.2) is 0 Å². The second-order valence-electron chi connectivity index (χ2n) is 4.22. The van der Waals surface area contributed by atoms with Gasteiger partial charge >= 0.3 is 0 Å². The molecule has 0 amide bonds. The smallest absolute Gasteiger partial charge is 0.229 e. The number of aliphatic hydroxyl groups is 1. The van der Waals surface area contributed by atoms with Crippen LogP contribution >= 0.6 is 0 Å². The van der Waals surface area contributed by atoms with Gasteiger partial charge in [-0.2, -0.15) is 4.98 Å². The maximum Gasteiger partial charge on any atom is 0.229 e. The SMILES string of the molecule is CC(O)Cc1nc(C2CN(C)CCO2)no1. The number of aliphatic hydroxyl groups excluding tert-OH is 1. The maximum atomic E-state index is 9.20. The van der Waals surface area contributed by atoms with Gasteiger partial charge < -0.3 is 19.3 Å². The molecule has 90 valence electrons. The highest BCUT2D eigenvalue weighted by Crippen LogP contribution is 2.18. The minimum Gasteiger partial charge on any atom is -0.393 e. The third-order valence-electron chi connectivity index (χ3n) is 2.51. The third kappa shape index (κ3) is 2.78. The molecule has 2 atom stereocenters. The van der Waals surface area contributed by atoms with E-state index in [9.17, 15) is 5.11 Å². The molecule has 1 aromatic rings. The molecule has 1 saturated heterocycles. The van der Waals surface area contributed by atoms with Crippen molar-refractivity contribution in [2.75, 3.05) is 26.7 Å². The highest BCUT2D eigenvalue weighted by atomic mass is 16.5. The van der Waals surface area contributed by atoms with Crippen molar-refractivity contribution in [1.82, 2.24) is 15.0 Å². The van der Waals surface area contributed by atoms with Crippen molar-refractivity contribution in [3.63, 3.8) is 0 Å². The molecule has 0 saturated carbocycles. The largest absolute Gasteiger partial charge is 0.393 e. The average molecular weight is 227 g/mol. The fraction of sp³-hybridized carbons (Fsp3) is 0.800. The summed E-state index contributed by atoms with van der Waals surface area (Å²) >= 11 is 0. The van der Waals surface area contributed by atoms with Crippen LogP contribution < -0.4 is 0 Å². The van der Waals surface area contributed by atoms with Crippen LogP contribution in [0.25, 0.3) is 0 Å². The van der Waals surface area contributed by atoms with Gasteiger partial charge in [0.1, 0.15) is 6.10 Å². The molecule has 1 aliphatic heterocycles. The Morgan fingerprint density at radius 3 is 3.12 bits per heavy atom. The summed E-state index contributed by atoms with van der Waals surface area (Å²) in [5, 5.41) is 13.1. The van der Waals surface area contributed by atoms with Crippen LogP contribution in [0.3, 0.4) is 0 Å². The van der Waals surface area contributed by atoms with E-state index in [1.807, 2.05) is 7.05 Å². The number of hydrogen-bond acceptors (Lipinski definition) is 6. The Balaban J connectivity index is 2.00. The molecule has 0 aliphatic carbocycles. The Labute approximate surface area is 94.2 Å². The first-order valence-electron chi connectivity index (χ1n) is 5.46. The van der Waals surface area contributed by atoms with E-state index in [-0.39, 0.29) is 6.10 Å². The molecule has 1 aliphatic rings. The molecule has 1 fully saturated rings. The van der Waals surface area contributed by atoms with Crippen LogP contribution in [0.5, 0.6) is 0 Å². The van der Waals surface area contributed by atoms with E-state index in [1.54, 1.807) is 6.92 Å². The highest BCUT2D eigenvalue weighted by molar-refractivity contribution is 4.94. The van der Waals surface area contributed by atoms with Crippen molar-refractivity contribution in [1.29, 1.82) is 0 Å². The monoisotopic (exact) mass is 227 g/mol. The van der Waals surface area contributed by atoms with Crippen molar-refractivity contribution in [2.45, 2.75) is 25.6 Å². The van der Waals surface area contributed by atoms with Gasteiger partial charge in [0, 0.05) is 13.1 Å². The van der Waals surface area contributed by atoms with Gasteiger partial charge in [-0.15, -0.1) is 0 Å². The fourth-order valence-corrected chi connectivity index (χ4v) is 1.67. The molecule has 16 heavy (non-hydrogen) atoms. The molecular weight excluding hydrogens is 210 g/mol. The molecule has 6 nitrogen and oxygen atoms in total. The number of aromatic nitrogens is 2. The lowest BCUT2D eigenvalue weighted by Gasteiger charge is -2.27. The Hall–Kier alpha value is -0.980. The summed E-state index contributed by atoms with van der Waals surface area (Å²) in [7, 11) is 2.03. The molecule has 2 heterocycles. The number of rotatable bonds is 3. The molecular formula is C10H17N3O3. The Kier molecular flexibility index (Phi) is 3.52. The van der Waals surface area contributed by atoms with E-state index in [2.05, 4.69) is 15.0 Å². The van der Waals surface area contributed by atoms with E-state index in [1.165, 1.54) is 0 Å². The summed E-state index contributed by atoms with van der Waals surface area (Å²) < 4.78 is 10.6. The minimum atomic E-state index is -0.469. The standard InChI is InChI=1S/C10H17N3O3/c1-7(14)5-9-11-10(12-16-9)8-6-13(2)3-4-15-8/h7-8,14H,3-6H2,1-2H3. The normalized spacial score (nSPS) is 24.6. The number of likely N-dealkylation sites (N-methyl/N-ethyl adjacent to an activating group) is 1. The summed E-state index contributed by atoms with van der Waals surface area (Å²) in [5.41, 5.74) is 0. The fourth-order valence-electron chi connectivity index (χ4n) is 1.67. The number of nitrogens with zero attached hydrogens (tertiary/aromatic N) is 3. The summed E-state index contributed by atoms with van der Waals surface area (Å²) in [5.74, 6) is 1.03. The zero-order valence-electron chi connectivity index (χ0n) is 9.59. The lowest BCUT2D eigenvalue weighted by molar-refractivity contribution is -0.0264. The maximum absolute atomic E-state index is 9.20. The van der Waals surface area contributed by atoms with E-state index < -0.39 is 6.10 Å². The van der Waals surface area contributed by atoms with E-state index in [0.717, 1.165) is 13.1 Å². The van der Waals surface area contributed by atoms with Gasteiger partial charge in [-0.3, -0.25) is 0 Å². The Bertz CT molecular complexity index is 340. The molecule has 1 N–H and O–H groups in total. The van der Waals surface area contributed by atoms with E-state index in [4.69, 9.17) is 9.26 Å². The Morgan fingerprint density at radius 1 is 1.62 bits per heavy atom. The zero-order chi connectivity index (χ0) is 11.5. The first-order chi connectivity index (χ1) is 7.65. The van der Waals surface area contributed by atoms with Crippen LogP contribution in [0.4, 0.5) is 0 Å². The zero-order valence-corrected chi connectivity index (χ0v) is 9.59. The van der Waals surface area contributed by atoms with E-state index in [0.29, 0.717) is 24.7 Å². The first-order valence-corrected chi connectivity index (χ1v) is 5.46. The highest BCUT2D eigenvalue weighted by Gasteiger charge is 2.24. The molecule has 0 aromatic carbocycles. The molecule has 6 heteroatoms. The van der Waals surface area contributed by atoms with Crippen molar-refractivity contribution >= 4 is 0 Å². The molecule has 0 bridgehead atoms. The van der Waals surface area contributed by atoms with Crippen LogP contribution in [0.1, 0.15) is 24.7 Å². The minimum absolute atomic E-state index is 0.120. The second-order valence-corrected chi connectivity index (χ2v) is 4.22. The molecule has 2 unspecified atom stereocenters. The molecule has 1 aromatic heterocycles. The average Bonchev–Trinajstić information content (AvgIpc) is 2.65. The second kappa shape index (κ2) is 4.90. The number of ether oxygens (including phenoxy) is 1. The van der Waals surface area contributed by atoms with Crippen LogP contribution in [0.15, 0.2) is 4.52 Å². The summed E-state index contributed by atoms with van der Waals surface area (Å²) in [6.45, 7) is 4.07. The molecule has 0 spiro atoms. The van der Waals surface area contributed by atoms with Gasteiger partial charge in [0.2, 0.25) is 11.7 Å². The molecule has 2 rings (SSSR count). The topological polar surface area (TPSA) is 71.6 Å². The van der Waals surface area contributed by atoms with Gasteiger partial charge in [-0.25, -0.2) is 0 Å². The predicted octanol–water partition coefficient (Wildman–Crippen LogP) is -0.00400. The Morgan fingerprint density at radius 2 is 2.44 bits per heavy atom. The summed E-state index contributed by atoms with van der Waals surface area (Å²) in [6, 6.07) is 0. The quantitative estimate of drug-likeness (QED) is 0.783. The van der Waals surface area contributed by atoms with E-state index >= 15 is 0 Å². The van der Waals surface area contributed by atoms with Crippen LogP contribution in [0.2, 0.25) is 0 Å². The van der Waals surface area contributed by atoms with Crippen LogP contribution in [-0.4, -0.2) is 53.0 Å². The van der Waals surface area contributed by atoms with Crippen molar-refractivity contribution in [2.24, 2.45) is 0 Å². The summed E-state index contributed by atoms with van der Waals surface area (Å²) in [6.07, 6.45) is -0.205. The van der Waals surface area contributed by atoms with Crippen LogP contribution in [-0.2, 0) is 11.2 Å². The lowest BCUT2D eigenvalue weighted by Crippen LogP contribution is -2.35.